The molecule has 2 rings (SSSR count). The predicted molar refractivity (Wildman–Crippen MR) is 53.6 cm³/mol. The number of nitrogen functional groups attached to an aromatic ring is 1. The van der Waals surface area contributed by atoms with Gasteiger partial charge in [-0.2, -0.15) is 0 Å². The van der Waals surface area contributed by atoms with E-state index in [1.54, 1.807) is 0 Å². The molecule has 0 amide bonds. The number of fused-ring (bicyclic) bond motifs is 1. The zero-order valence-electron chi connectivity index (χ0n) is 7.66. The highest BCUT2D eigenvalue weighted by atomic mass is 16.3. The second kappa shape index (κ2) is 3.38. The van der Waals surface area contributed by atoms with Crippen molar-refractivity contribution in [2.45, 2.75) is 25.2 Å². The lowest BCUT2D eigenvalue weighted by Gasteiger charge is -2.23. The molecule has 0 bridgehead atoms. The minimum Gasteiger partial charge on any atom is -0.399 e. The van der Waals surface area contributed by atoms with Crippen molar-refractivity contribution in [2.75, 3.05) is 12.3 Å². The molecule has 1 aliphatic carbocycles. The fourth-order valence-corrected chi connectivity index (χ4v) is 2.12. The van der Waals surface area contributed by atoms with E-state index in [0.717, 1.165) is 18.5 Å². The molecule has 1 aromatic rings. The molecule has 0 heterocycles. The lowest BCUT2D eigenvalue weighted by Crippen LogP contribution is -2.13. The lowest BCUT2D eigenvalue weighted by atomic mass is 9.83. The molecule has 0 radical (unpaired) electrons. The van der Waals surface area contributed by atoms with Crippen LogP contribution in [0, 0.1) is 0 Å². The third-order valence-corrected chi connectivity index (χ3v) is 2.83. The molecule has 0 aliphatic heterocycles. The van der Waals surface area contributed by atoms with E-state index in [1.165, 1.54) is 17.5 Å². The average Bonchev–Trinajstić information content (AvgIpc) is 2.16. The Morgan fingerprint density at radius 3 is 3.08 bits per heavy atom. The maximum atomic E-state index is 9.18. The van der Waals surface area contributed by atoms with Crippen LogP contribution in [0.25, 0.3) is 0 Å². The summed E-state index contributed by atoms with van der Waals surface area (Å²) < 4.78 is 0. The molecule has 0 aromatic heterocycles. The molecule has 0 spiro atoms. The van der Waals surface area contributed by atoms with Crippen LogP contribution in [0.4, 0.5) is 5.69 Å². The smallest absolute Gasteiger partial charge is 0.0499 e. The van der Waals surface area contributed by atoms with E-state index >= 15 is 0 Å². The fraction of sp³-hybridized carbons (Fsp3) is 0.455. The van der Waals surface area contributed by atoms with Crippen molar-refractivity contribution < 1.29 is 5.11 Å². The third-order valence-electron chi connectivity index (χ3n) is 2.83. The molecule has 1 aliphatic rings. The lowest BCUT2D eigenvalue weighted by molar-refractivity contribution is 0.253. The van der Waals surface area contributed by atoms with Gasteiger partial charge in [-0.05, 0) is 42.5 Å². The van der Waals surface area contributed by atoms with Gasteiger partial charge in [0, 0.05) is 18.2 Å². The van der Waals surface area contributed by atoms with E-state index in [-0.39, 0.29) is 6.61 Å². The van der Waals surface area contributed by atoms with Gasteiger partial charge in [0.15, 0.2) is 0 Å². The number of nitrogens with two attached hydrogens (primary N) is 1. The molecule has 1 unspecified atom stereocenters. The van der Waals surface area contributed by atoms with E-state index in [2.05, 4.69) is 6.07 Å². The highest BCUT2D eigenvalue weighted by Gasteiger charge is 2.18. The zero-order valence-corrected chi connectivity index (χ0v) is 7.66. The molecule has 1 aromatic carbocycles. The molecule has 3 N–H and O–H groups in total. The highest BCUT2D eigenvalue weighted by Crippen LogP contribution is 2.32. The monoisotopic (exact) mass is 177 g/mol. The Morgan fingerprint density at radius 1 is 1.46 bits per heavy atom. The van der Waals surface area contributed by atoms with Gasteiger partial charge in [0.05, 0.1) is 0 Å². The second-order valence-corrected chi connectivity index (χ2v) is 3.73. The third kappa shape index (κ3) is 1.54. The van der Waals surface area contributed by atoms with Gasteiger partial charge in [-0.15, -0.1) is 0 Å². The number of aliphatic hydroxyl groups excluding tert-OH is 1. The number of rotatable bonds is 1. The maximum Gasteiger partial charge on any atom is 0.0499 e. The summed E-state index contributed by atoms with van der Waals surface area (Å²) >= 11 is 0. The first-order valence-electron chi connectivity index (χ1n) is 4.80. The van der Waals surface area contributed by atoms with Crippen LogP contribution in [0.5, 0.6) is 0 Å². The van der Waals surface area contributed by atoms with Crippen LogP contribution in [0.1, 0.15) is 29.9 Å². The molecular weight excluding hydrogens is 162 g/mol. The summed E-state index contributed by atoms with van der Waals surface area (Å²) in [6.45, 7) is 0.261. The number of hydrogen-bond donors (Lipinski definition) is 2. The fourth-order valence-electron chi connectivity index (χ4n) is 2.12. The van der Waals surface area contributed by atoms with Gasteiger partial charge in [0.1, 0.15) is 0 Å². The molecule has 0 fully saturated rings. The van der Waals surface area contributed by atoms with Crippen LogP contribution in [-0.2, 0) is 6.42 Å². The van der Waals surface area contributed by atoms with Crippen molar-refractivity contribution in [1.29, 1.82) is 0 Å². The van der Waals surface area contributed by atoms with Crippen LogP contribution in [0.15, 0.2) is 18.2 Å². The average molecular weight is 177 g/mol. The zero-order chi connectivity index (χ0) is 9.26. The SMILES string of the molecule is Nc1ccc2c(c1)CCCC2CO. The molecule has 2 heteroatoms. The van der Waals surface area contributed by atoms with Crippen LogP contribution < -0.4 is 5.73 Å². The summed E-state index contributed by atoms with van der Waals surface area (Å²) in [5.41, 5.74) is 9.16. The largest absolute Gasteiger partial charge is 0.399 e. The van der Waals surface area contributed by atoms with E-state index in [1.807, 2.05) is 12.1 Å². The van der Waals surface area contributed by atoms with Gasteiger partial charge >= 0.3 is 0 Å². The van der Waals surface area contributed by atoms with Gasteiger partial charge in [0.2, 0.25) is 0 Å². The van der Waals surface area contributed by atoms with Gasteiger partial charge in [0.25, 0.3) is 0 Å². The standard InChI is InChI=1S/C11H15NO/c12-10-4-5-11-8(6-10)2-1-3-9(11)7-13/h4-6,9,13H,1-3,7,12H2. The summed E-state index contributed by atoms with van der Waals surface area (Å²) in [4.78, 5) is 0. The van der Waals surface area contributed by atoms with E-state index in [4.69, 9.17) is 5.73 Å². The van der Waals surface area contributed by atoms with Crippen LogP contribution >= 0.6 is 0 Å². The molecule has 1 atom stereocenters. The minimum absolute atomic E-state index is 0.261. The summed E-state index contributed by atoms with van der Waals surface area (Å²) in [6.07, 6.45) is 3.38. The summed E-state index contributed by atoms with van der Waals surface area (Å²) in [5, 5.41) is 9.18. The number of aryl methyl sites for hydroxylation is 1. The normalized spacial score (nSPS) is 21.2. The molecule has 0 saturated heterocycles. The van der Waals surface area contributed by atoms with Crippen molar-refractivity contribution in [2.24, 2.45) is 0 Å². The quantitative estimate of drug-likeness (QED) is 0.641. The van der Waals surface area contributed by atoms with Crippen LogP contribution in [-0.4, -0.2) is 11.7 Å². The molecule has 13 heavy (non-hydrogen) atoms. The Morgan fingerprint density at radius 2 is 2.31 bits per heavy atom. The van der Waals surface area contributed by atoms with Crippen molar-refractivity contribution in [3.05, 3.63) is 29.3 Å². The van der Waals surface area contributed by atoms with Crippen molar-refractivity contribution in [1.82, 2.24) is 0 Å². The van der Waals surface area contributed by atoms with E-state index in [9.17, 15) is 5.11 Å². The number of anilines is 1. The molecule has 2 nitrogen and oxygen atoms in total. The topological polar surface area (TPSA) is 46.2 Å². The van der Waals surface area contributed by atoms with Crippen molar-refractivity contribution >= 4 is 5.69 Å². The first-order valence-corrected chi connectivity index (χ1v) is 4.80. The first-order chi connectivity index (χ1) is 6.31. The Bertz CT molecular complexity index is 309. The number of aliphatic hydroxyl groups is 1. The van der Waals surface area contributed by atoms with E-state index < -0.39 is 0 Å². The number of hydrogen-bond acceptors (Lipinski definition) is 2. The number of benzene rings is 1. The minimum atomic E-state index is 0.261. The predicted octanol–water partition coefficient (Wildman–Crippen LogP) is 1.68. The molecule has 70 valence electrons. The highest BCUT2D eigenvalue weighted by molar-refractivity contribution is 5.46. The van der Waals surface area contributed by atoms with Gasteiger partial charge in [-0.25, -0.2) is 0 Å². The molecular formula is C11H15NO. The van der Waals surface area contributed by atoms with Crippen LogP contribution in [0.2, 0.25) is 0 Å². The van der Waals surface area contributed by atoms with Gasteiger partial charge < -0.3 is 10.8 Å². The Labute approximate surface area is 78.4 Å². The molecule has 0 saturated carbocycles. The Kier molecular flexibility index (Phi) is 2.23. The van der Waals surface area contributed by atoms with Gasteiger partial charge in [-0.3, -0.25) is 0 Å². The summed E-state index contributed by atoms with van der Waals surface area (Å²) in [7, 11) is 0. The maximum absolute atomic E-state index is 9.18. The summed E-state index contributed by atoms with van der Waals surface area (Å²) in [6, 6.07) is 6.02. The summed E-state index contributed by atoms with van der Waals surface area (Å²) in [5.74, 6) is 0.337. The van der Waals surface area contributed by atoms with Crippen LogP contribution in [0.3, 0.4) is 0 Å². The van der Waals surface area contributed by atoms with Crippen molar-refractivity contribution in [3.8, 4) is 0 Å². The van der Waals surface area contributed by atoms with E-state index in [0.29, 0.717) is 5.92 Å². The Balaban J connectivity index is 2.40. The first kappa shape index (κ1) is 8.57. The van der Waals surface area contributed by atoms with Crippen molar-refractivity contribution in [3.63, 3.8) is 0 Å². The second-order valence-electron chi connectivity index (χ2n) is 3.73. The van der Waals surface area contributed by atoms with Gasteiger partial charge in [-0.1, -0.05) is 6.07 Å². The Hall–Kier alpha value is -1.02.